The van der Waals surface area contributed by atoms with Crippen molar-refractivity contribution in [2.75, 3.05) is 41.4 Å². The lowest BCUT2D eigenvalue weighted by molar-refractivity contribution is 0.326. The summed E-state index contributed by atoms with van der Waals surface area (Å²) in [5, 5.41) is 11.8. The Hall–Kier alpha value is -4.42. The Morgan fingerprint density at radius 1 is 0.667 bits per heavy atom. The summed E-state index contributed by atoms with van der Waals surface area (Å²) < 4.78 is 11.7. The first-order valence-corrected chi connectivity index (χ1v) is 11.7. The van der Waals surface area contributed by atoms with E-state index in [1.165, 1.54) is 0 Å². The van der Waals surface area contributed by atoms with Gasteiger partial charge < -0.3 is 19.5 Å². The van der Waals surface area contributed by atoms with E-state index in [1.54, 1.807) is 22.4 Å². The standard InChI is InChI=1S/C30H34N4O2/c1-33(2)31-23-15-19-27-17-9-11-21-29(27)35-25-13-7-5-6-8-14-26-36-30-22-12-10-18-28(30)20-16-24-32-34(3)4/h9-12,15-24H,13-14,25-26H2,1-4H3/b19-15+,20-16+,31-23+,32-24+. The zero-order chi connectivity index (χ0) is 25.8. The van der Waals surface area contributed by atoms with Crippen molar-refractivity contribution in [3.63, 3.8) is 0 Å². The molecule has 0 aliphatic heterocycles. The minimum Gasteiger partial charge on any atom is -0.492 e. The van der Waals surface area contributed by atoms with Crippen molar-refractivity contribution in [3.05, 3.63) is 71.8 Å². The lowest BCUT2D eigenvalue weighted by Gasteiger charge is -2.07. The Morgan fingerprint density at radius 3 is 1.50 bits per heavy atom. The van der Waals surface area contributed by atoms with Gasteiger partial charge in [-0.2, -0.15) is 10.2 Å². The van der Waals surface area contributed by atoms with Crippen LogP contribution in [0.1, 0.15) is 24.0 Å². The van der Waals surface area contributed by atoms with Gasteiger partial charge in [0, 0.05) is 64.6 Å². The Kier molecular flexibility index (Phi) is 13.2. The van der Waals surface area contributed by atoms with Crippen LogP contribution in [0.4, 0.5) is 0 Å². The fourth-order valence-electron chi connectivity index (χ4n) is 2.77. The SMILES string of the molecule is CN(C)/N=C/C=C/c1ccccc1OCCC#CC#CCCOc1ccccc1/C=C/C=N/N(C)C. The van der Waals surface area contributed by atoms with Crippen LogP contribution >= 0.6 is 0 Å². The zero-order valence-electron chi connectivity index (χ0n) is 21.5. The third-order valence-electron chi connectivity index (χ3n) is 4.37. The van der Waals surface area contributed by atoms with Gasteiger partial charge in [-0.25, -0.2) is 0 Å². The molecular formula is C30H34N4O2. The van der Waals surface area contributed by atoms with Crippen LogP contribution in [0.15, 0.2) is 70.9 Å². The number of ether oxygens (including phenoxy) is 2. The Bertz CT molecular complexity index is 1080. The van der Waals surface area contributed by atoms with E-state index in [4.69, 9.17) is 9.47 Å². The van der Waals surface area contributed by atoms with Crippen LogP contribution in [0, 0.1) is 23.7 Å². The Labute approximate surface area is 215 Å². The molecule has 2 aromatic rings. The molecule has 36 heavy (non-hydrogen) atoms. The number of hydrogen-bond donors (Lipinski definition) is 0. The number of hydrazone groups is 2. The predicted molar refractivity (Wildman–Crippen MR) is 151 cm³/mol. The number of benzene rings is 2. The first kappa shape index (κ1) is 27.8. The van der Waals surface area contributed by atoms with Gasteiger partial charge >= 0.3 is 0 Å². The quantitative estimate of drug-likeness (QED) is 0.184. The molecule has 0 amide bonds. The van der Waals surface area contributed by atoms with Crippen LogP contribution < -0.4 is 9.47 Å². The van der Waals surface area contributed by atoms with E-state index in [2.05, 4.69) is 33.9 Å². The molecule has 6 heteroatoms. The maximum atomic E-state index is 5.87. The molecule has 186 valence electrons. The molecule has 0 saturated heterocycles. The molecule has 0 unspecified atom stereocenters. The molecule has 0 heterocycles. The van der Waals surface area contributed by atoms with E-state index >= 15 is 0 Å². The summed E-state index contributed by atoms with van der Waals surface area (Å²) in [7, 11) is 7.52. The Balaban J connectivity index is 1.73. The van der Waals surface area contributed by atoms with Crippen LogP contribution in [0.2, 0.25) is 0 Å². The summed E-state index contributed by atoms with van der Waals surface area (Å²) >= 11 is 0. The summed E-state index contributed by atoms with van der Waals surface area (Å²) in [5.41, 5.74) is 1.99. The van der Waals surface area contributed by atoms with Crippen molar-refractivity contribution in [2.24, 2.45) is 10.2 Å². The largest absolute Gasteiger partial charge is 0.492 e. The lowest BCUT2D eigenvalue weighted by atomic mass is 10.2. The molecule has 0 fully saturated rings. The highest BCUT2D eigenvalue weighted by Crippen LogP contribution is 2.20. The summed E-state index contributed by atoms with van der Waals surface area (Å²) in [6.45, 7) is 0.996. The van der Waals surface area contributed by atoms with Gasteiger partial charge in [0.1, 0.15) is 11.5 Å². The molecule has 0 aliphatic rings. The predicted octanol–water partition coefficient (Wildman–Crippen LogP) is 5.05. The minimum atomic E-state index is 0.498. The van der Waals surface area contributed by atoms with Crippen LogP contribution in [-0.4, -0.2) is 63.9 Å². The van der Waals surface area contributed by atoms with Crippen LogP contribution in [0.5, 0.6) is 11.5 Å². The molecule has 0 radical (unpaired) electrons. The molecule has 0 saturated carbocycles. The van der Waals surface area contributed by atoms with Gasteiger partial charge in [-0.15, -0.1) is 0 Å². The van der Waals surface area contributed by atoms with Crippen LogP contribution in [0.3, 0.4) is 0 Å². The number of allylic oxidation sites excluding steroid dienone is 2. The first-order chi connectivity index (χ1) is 17.6. The van der Waals surface area contributed by atoms with Gasteiger partial charge in [0.25, 0.3) is 0 Å². The molecule has 0 N–H and O–H groups in total. The molecule has 0 atom stereocenters. The minimum absolute atomic E-state index is 0.498. The molecule has 0 spiro atoms. The molecule has 2 aromatic carbocycles. The fourth-order valence-corrected chi connectivity index (χ4v) is 2.77. The molecule has 0 aromatic heterocycles. The molecule has 0 bridgehead atoms. The normalized spacial score (nSPS) is 10.9. The molecular weight excluding hydrogens is 448 g/mol. The van der Waals surface area contributed by atoms with E-state index in [0.29, 0.717) is 26.1 Å². The average molecular weight is 483 g/mol. The van der Waals surface area contributed by atoms with E-state index in [1.807, 2.05) is 101 Å². The summed E-state index contributed by atoms with van der Waals surface area (Å²) in [5.74, 6) is 13.5. The molecule has 6 nitrogen and oxygen atoms in total. The average Bonchev–Trinajstić information content (AvgIpc) is 2.86. The molecule has 2 rings (SSSR count). The highest BCUT2D eigenvalue weighted by Gasteiger charge is 1.99. The van der Waals surface area contributed by atoms with Crippen molar-refractivity contribution in [2.45, 2.75) is 12.8 Å². The third kappa shape index (κ3) is 12.2. The fraction of sp³-hybridized carbons (Fsp3) is 0.267. The van der Waals surface area contributed by atoms with Gasteiger partial charge in [-0.05, 0) is 48.3 Å². The summed E-state index contributed by atoms with van der Waals surface area (Å²) in [6.07, 6.45) is 12.4. The third-order valence-corrected chi connectivity index (χ3v) is 4.37. The second kappa shape index (κ2) is 17.1. The van der Waals surface area contributed by atoms with Crippen molar-refractivity contribution < 1.29 is 9.47 Å². The van der Waals surface area contributed by atoms with Crippen LogP contribution in [-0.2, 0) is 0 Å². The first-order valence-electron chi connectivity index (χ1n) is 11.7. The Morgan fingerprint density at radius 2 is 1.08 bits per heavy atom. The summed E-state index contributed by atoms with van der Waals surface area (Å²) in [6, 6.07) is 15.8. The number of para-hydroxylation sites is 2. The van der Waals surface area contributed by atoms with Gasteiger partial charge in [-0.1, -0.05) is 48.2 Å². The summed E-state index contributed by atoms with van der Waals surface area (Å²) in [4.78, 5) is 0. The van der Waals surface area contributed by atoms with Gasteiger partial charge in [0.2, 0.25) is 0 Å². The van der Waals surface area contributed by atoms with Gasteiger partial charge in [0.05, 0.1) is 13.2 Å². The van der Waals surface area contributed by atoms with Crippen LogP contribution in [0.25, 0.3) is 12.2 Å². The van der Waals surface area contributed by atoms with E-state index < -0.39 is 0 Å². The smallest absolute Gasteiger partial charge is 0.126 e. The van der Waals surface area contributed by atoms with Gasteiger partial charge in [0.15, 0.2) is 0 Å². The lowest BCUT2D eigenvalue weighted by Crippen LogP contribution is -2.00. The number of nitrogens with zero attached hydrogens (tertiary/aromatic N) is 4. The second-order valence-electron chi connectivity index (χ2n) is 7.82. The highest BCUT2D eigenvalue weighted by atomic mass is 16.5. The topological polar surface area (TPSA) is 49.7 Å². The maximum Gasteiger partial charge on any atom is 0.126 e. The molecule has 0 aliphatic carbocycles. The van der Waals surface area contributed by atoms with E-state index in [-0.39, 0.29) is 0 Å². The maximum absolute atomic E-state index is 5.87. The van der Waals surface area contributed by atoms with Crippen molar-refractivity contribution in [1.82, 2.24) is 10.0 Å². The second-order valence-corrected chi connectivity index (χ2v) is 7.82. The monoisotopic (exact) mass is 482 g/mol. The zero-order valence-corrected chi connectivity index (χ0v) is 21.5. The number of rotatable bonds is 12. The van der Waals surface area contributed by atoms with Crippen molar-refractivity contribution >= 4 is 24.6 Å². The van der Waals surface area contributed by atoms with E-state index in [0.717, 1.165) is 22.6 Å². The van der Waals surface area contributed by atoms with E-state index in [9.17, 15) is 0 Å². The highest BCUT2D eigenvalue weighted by molar-refractivity contribution is 5.79. The number of hydrogen-bond acceptors (Lipinski definition) is 6. The van der Waals surface area contributed by atoms with Crippen molar-refractivity contribution in [3.8, 4) is 35.2 Å². The van der Waals surface area contributed by atoms with Crippen molar-refractivity contribution in [1.29, 1.82) is 0 Å². The van der Waals surface area contributed by atoms with Gasteiger partial charge in [-0.3, -0.25) is 0 Å².